The highest BCUT2D eigenvalue weighted by atomic mass is 35.5. The fourth-order valence-corrected chi connectivity index (χ4v) is 5.04. The summed E-state index contributed by atoms with van der Waals surface area (Å²) in [7, 11) is 1.59. The lowest BCUT2D eigenvalue weighted by Gasteiger charge is -2.70. The summed E-state index contributed by atoms with van der Waals surface area (Å²) in [6, 6.07) is 4.84. The maximum Gasteiger partial charge on any atom is 0.271 e. The average molecular weight is 456 g/mol. The van der Waals surface area contributed by atoms with Crippen LogP contribution in [0.5, 0.6) is 5.75 Å². The highest BCUT2D eigenvalue weighted by Gasteiger charge is 2.69. The van der Waals surface area contributed by atoms with Crippen LogP contribution in [0.4, 0.5) is 0 Å². The second-order valence-electron chi connectivity index (χ2n) is 7.52. The summed E-state index contributed by atoms with van der Waals surface area (Å²) in [5.41, 5.74) is -0.103. The fraction of sp³-hybridized carbons (Fsp3) is 0.421. The molecule has 0 saturated heterocycles. The second kappa shape index (κ2) is 7.75. The lowest BCUT2D eigenvalue weighted by Crippen LogP contribution is -2.84. The molecule has 3 fully saturated rings. The Bertz CT molecular complexity index is 945. The van der Waals surface area contributed by atoms with Crippen LogP contribution in [0.1, 0.15) is 34.8 Å². The van der Waals surface area contributed by atoms with E-state index in [-0.39, 0.29) is 29.5 Å². The van der Waals surface area contributed by atoms with Crippen LogP contribution in [0.25, 0.3) is 0 Å². The van der Waals surface area contributed by atoms with Crippen molar-refractivity contribution in [1.29, 1.82) is 0 Å². The number of hydrogen-bond donors (Lipinski definition) is 2. The average Bonchev–Trinajstić information content (AvgIpc) is 3.09. The molecular formula is C19H19Cl2N3O4S. The topological polar surface area (TPSA) is 89.5 Å². The van der Waals surface area contributed by atoms with Gasteiger partial charge < -0.3 is 20.1 Å². The lowest BCUT2D eigenvalue weighted by molar-refractivity contribution is -0.141. The Labute approximate surface area is 181 Å². The van der Waals surface area contributed by atoms with E-state index in [1.165, 1.54) is 11.3 Å². The minimum absolute atomic E-state index is 0.111. The molecule has 154 valence electrons. The molecule has 0 unspecified atom stereocenters. The number of carbonyl (C=O) groups excluding carboxylic acids is 2. The standard InChI is InChI=1S/C19H19Cl2N3O4S/c1-27-6-16-22-14(7-29-16)17(26)24-19-8-18(9-19,10-19)23-15(25)5-28-11-2-3-12(20)13(21)4-11/h2-4,7H,5-6,8-10H2,1H3,(H,23,25)(H,24,26). The highest BCUT2D eigenvalue weighted by molar-refractivity contribution is 7.09. The van der Waals surface area contributed by atoms with Crippen molar-refractivity contribution in [2.75, 3.05) is 13.7 Å². The van der Waals surface area contributed by atoms with Gasteiger partial charge in [0.1, 0.15) is 16.5 Å². The normalized spacial score (nSPS) is 24.2. The Morgan fingerprint density at radius 3 is 2.59 bits per heavy atom. The molecule has 7 nitrogen and oxygen atoms in total. The summed E-state index contributed by atoms with van der Waals surface area (Å²) < 4.78 is 10.5. The number of nitrogens with one attached hydrogen (secondary N) is 2. The molecule has 1 aromatic carbocycles. The van der Waals surface area contributed by atoms with Gasteiger partial charge in [-0.1, -0.05) is 23.2 Å². The van der Waals surface area contributed by atoms with Crippen molar-refractivity contribution in [3.63, 3.8) is 0 Å². The van der Waals surface area contributed by atoms with E-state index in [0.717, 1.165) is 5.01 Å². The summed E-state index contributed by atoms with van der Waals surface area (Å²) in [5, 5.41) is 9.36. The number of amides is 2. The van der Waals surface area contributed by atoms with E-state index in [1.54, 1.807) is 30.7 Å². The first-order valence-electron chi connectivity index (χ1n) is 8.97. The number of aromatic nitrogens is 1. The van der Waals surface area contributed by atoms with Gasteiger partial charge in [-0.2, -0.15) is 0 Å². The molecule has 2 N–H and O–H groups in total. The Kier molecular flexibility index (Phi) is 5.46. The van der Waals surface area contributed by atoms with Crippen molar-refractivity contribution >= 4 is 46.4 Å². The molecule has 3 aliphatic rings. The minimum Gasteiger partial charge on any atom is -0.484 e. The Morgan fingerprint density at radius 1 is 1.17 bits per heavy atom. The maximum atomic E-state index is 12.4. The van der Waals surface area contributed by atoms with E-state index in [2.05, 4.69) is 15.6 Å². The molecule has 0 atom stereocenters. The van der Waals surface area contributed by atoms with Crippen molar-refractivity contribution in [3.8, 4) is 5.75 Å². The Morgan fingerprint density at radius 2 is 1.90 bits per heavy atom. The zero-order chi connectivity index (χ0) is 20.6. The maximum absolute atomic E-state index is 12.4. The SMILES string of the molecule is COCc1nc(C(=O)NC23CC(NC(=O)COc4ccc(Cl)c(Cl)c4)(C2)C3)cs1. The number of benzene rings is 1. The number of methoxy groups -OCH3 is 1. The molecule has 3 saturated carbocycles. The first kappa shape index (κ1) is 20.4. The highest BCUT2D eigenvalue weighted by Crippen LogP contribution is 2.60. The molecular weight excluding hydrogens is 437 g/mol. The van der Waals surface area contributed by atoms with Gasteiger partial charge in [0, 0.05) is 29.6 Å². The van der Waals surface area contributed by atoms with Crippen molar-refractivity contribution in [3.05, 3.63) is 44.3 Å². The number of rotatable bonds is 8. The van der Waals surface area contributed by atoms with E-state index in [1.807, 2.05) is 0 Å². The third kappa shape index (κ3) is 4.21. The van der Waals surface area contributed by atoms with E-state index in [9.17, 15) is 9.59 Å². The van der Waals surface area contributed by atoms with Gasteiger partial charge in [0.15, 0.2) is 6.61 Å². The van der Waals surface area contributed by atoms with E-state index >= 15 is 0 Å². The zero-order valence-corrected chi connectivity index (χ0v) is 17.9. The van der Waals surface area contributed by atoms with E-state index in [0.29, 0.717) is 47.4 Å². The third-order valence-electron chi connectivity index (χ3n) is 5.13. The molecule has 0 spiro atoms. The van der Waals surface area contributed by atoms with Crippen molar-refractivity contribution in [1.82, 2.24) is 15.6 Å². The second-order valence-corrected chi connectivity index (χ2v) is 9.27. The first-order chi connectivity index (χ1) is 13.8. The van der Waals surface area contributed by atoms with Crippen LogP contribution in [0.3, 0.4) is 0 Å². The van der Waals surface area contributed by atoms with Gasteiger partial charge in [0.2, 0.25) is 0 Å². The van der Waals surface area contributed by atoms with Gasteiger partial charge in [0.25, 0.3) is 11.8 Å². The molecule has 10 heteroatoms. The number of halogens is 2. The summed E-state index contributed by atoms with van der Waals surface area (Å²) >= 11 is 13.2. The molecule has 5 rings (SSSR count). The number of carbonyl (C=O) groups is 2. The molecule has 2 bridgehead atoms. The van der Waals surface area contributed by atoms with Crippen molar-refractivity contribution < 1.29 is 19.1 Å². The molecule has 1 aromatic heterocycles. The summed E-state index contributed by atoms with van der Waals surface area (Å²) in [6.45, 7) is 0.280. The monoisotopic (exact) mass is 455 g/mol. The Hall–Kier alpha value is -1.87. The number of hydrogen-bond acceptors (Lipinski definition) is 6. The quantitative estimate of drug-likeness (QED) is 0.637. The molecule has 1 heterocycles. The van der Waals surface area contributed by atoms with Crippen LogP contribution in [0.15, 0.2) is 23.6 Å². The molecule has 3 aliphatic carbocycles. The van der Waals surface area contributed by atoms with Gasteiger partial charge in [0.05, 0.1) is 16.7 Å². The number of nitrogens with zero attached hydrogens (tertiary/aromatic N) is 1. The van der Waals surface area contributed by atoms with Gasteiger partial charge >= 0.3 is 0 Å². The van der Waals surface area contributed by atoms with Gasteiger partial charge in [-0.15, -0.1) is 11.3 Å². The lowest BCUT2D eigenvalue weighted by atomic mass is 9.44. The van der Waals surface area contributed by atoms with Gasteiger partial charge in [-0.3, -0.25) is 9.59 Å². The Balaban J connectivity index is 1.22. The molecule has 29 heavy (non-hydrogen) atoms. The molecule has 2 amide bonds. The minimum atomic E-state index is -0.255. The first-order valence-corrected chi connectivity index (χ1v) is 10.6. The predicted molar refractivity (Wildman–Crippen MR) is 110 cm³/mol. The van der Waals surface area contributed by atoms with Gasteiger partial charge in [-0.25, -0.2) is 4.98 Å². The van der Waals surface area contributed by atoms with Crippen molar-refractivity contribution in [2.45, 2.75) is 36.9 Å². The van der Waals surface area contributed by atoms with Gasteiger partial charge in [-0.05, 0) is 31.4 Å². The van der Waals surface area contributed by atoms with Crippen LogP contribution in [0, 0.1) is 0 Å². The smallest absolute Gasteiger partial charge is 0.271 e. The van der Waals surface area contributed by atoms with E-state index in [4.69, 9.17) is 32.7 Å². The van der Waals surface area contributed by atoms with Crippen LogP contribution < -0.4 is 15.4 Å². The number of thiazole rings is 1. The number of ether oxygens (including phenoxy) is 2. The van der Waals surface area contributed by atoms with Crippen LogP contribution in [-0.2, 0) is 16.1 Å². The summed E-state index contributed by atoms with van der Waals surface area (Å²) in [4.78, 5) is 28.9. The van der Waals surface area contributed by atoms with Crippen LogP contribution in [-0.4, -0.2) is 41.6 Å². The predicted octanol–water partition coefficient (Wildman–Crippen LogP) is 3.20. The third-order valence-corrected chi connectivity index (χ3v) is 6.69. The fourth-order valence-electron chi connectivity index (χ4n) is 4.01. The van der Waals surface area contributed by atoms with Crippen LogP contribution in [0.2, 0.25) is 10.0 Å². The molecule has 0 aliphatic heterocycles. The summed E-state index contributed by atoms with van der Waals surface area (Å²) in [5.74, 6) is 0.0811. The molecule has 2 aromatic rings. The largest absolute Gasteiger partial charge is 0.484 e. The summed E-state index contributed by atoms with van der Waals surface area (Å²) in [6.07, 6.45) is 2.12. The zero-order valence-electron chi connectivity index (χ0n) is 15.6. The van der Waals surface area contributed by atoms with E-state index < -0.39 is 0 Å². The van der Waals surface area contributed by atoms with Crippen LogP contribution >= 0.6 is 34.5 Å². The molecule has 0 radical (unpaired) electrons. The van der Waals surface area contributed by atoms with Crippen molar-refractivity contribution in [2.24, 2.45) is 0 Å².